The Hall–Kier alpha value is -2.69. The van der Waals surface area contributed by atoms with Crippen molar-refractivity contribution in [3.8, 4) is 11.4 Å². The lowest BCUT2D eigenvalue weighted by molar-refractivity contribution is 0.0696. The summed E-state index contributed by atoms with van der Waals surface area (Å²) in [5.74, 6) is -0.309. The maximum atomic E-state index is 11.1. The van der Waals surface area contributed by atoms with Crippen LogP contribution in [-0.2, 0) is 0 Å². The molecule has 0 aliphatic rings. The van der Waals surface area contributed by atoms with Gasteiger partial charge in [0.15, 0.2) is 11.5 Å². The first kappa shape index (κ1) is 12.3. The molecule has 0 aliphatic carbocycles. The molecule has 1 aromatic carbocycles. The fourth-order valence-corrected chi connectivity index (χ4v) is 2.18. The highest BCUT2D eigenvalue weighted by molar-refractivity contribution is 5.87. The molecule has 0 unspecified atom stereocenters. The van der Waals surface area contributed by atoms with Gasteiger partial charge in [-0.2, -0.15) is 0 Å². The van der Waals surface area contributed by atoms with Crippen molar-refractivity contribution in [2.45, 2.75) is 13.8 Å². The van der Waals surface area contributed by atoms with E-state index in [9.17, 15) is 4.79 Å². The highest BCUT2D eigenvalue weighted by Crippen LogP contribution is 2.23. The first-order valence-corrected chi connectivity index (χ1v) is 6.22. The van der Waals surface area contributed by atoms with Crippen molar-refractivity contribution in [1.82, 2.24) is 14.6 Å². The molecule has 0 fully saturated rings. The molecule has 0 spiro atoms. The van der Waals surface area contributed by atoms with Gasteiger partial charge < -0.3 is 5.11 Å². The number of carboxylic acids is 1. The second-order valence-corrected chi connectivity index (χ2v) is 4.79. The molecular weight excluding hydrogens is 254 g/mol. The molecule has 1 N–H and O–H groups in total. The maximum absolute atomic E-state index is 11.1. The first-order valence-electron chi connectivity index (χ1n) is 6.22. The molecule has 0 aliphatic heterocycles. The van der Waals surface area contributed by atoms with Crippen LogP contribution in [0.25, 0.3) is 17.0 Å². The summed E-state index contributed by atoms with van der Waals surface area (Å²) in [6.07, 6.45) is 1.55. The highest BCUT2D eigenvalue weighted by Gasteiger charge is 2.12. The van der Waals surface area contributed by atoms with Crippen LogP contribution >= 0.6 is 0 Å². The van der Waals surface area contributed by atoms with Crippen LogP contribution in [0.3, 0.4) is 0 Å². The lowest BCUT2D eigenvalue weighted by Gasteiger charge is -2.06. The average Bonchev–Trinajstić information content (AvgIpc) is 2.84. The Morgan fingerprint density at radius 2 is 1.95 bits per heavy atom. The number of carboxylic acid groups (broad SMARTS) is 1. The van der Waals surface area contributed by atoms with Crippen molar-refractivity contribution in [1.29, 1.82) is 0 Å². The van der Waals surface area contributed by atoms with Crippen LogP contribution in [0.1, 0.15) is 21.5 Å². The molecule has 0 amide bonds. The van der Waals surface area contributed by atoms with Crippen molar-refractivity contribution in [3.63, 3.8) is 0 Å². The minimum absolute atomic E-state index is 0.212. The number of hydrogen-bond acceptors (Lipinski definition) is 3. The van der Waals surface area contributed by atoms with Gasteiger partial charge in [0.05, 0.1) is 5.56 Å². The number of carbonyl (C=O) groups is 1. The first-order chi connectivity index (χ1) is 9.56. The number of fused-ring (bicyclic) bond motifs is 1. The molecule has 0 bridgehead atoms. The van der Waals surface area contributed by atoms with Crippen LogP contribution in [0.2, 0.25) is 0 Å². The van der Waals surface area contributed by atoms with Crippen LogP contribution in [0.4, 0.5) is 0 Å². The van der Waals surface area contributed by atoms with Crippen molar-refractivity contribution in [2.75, 3.05) is 0 Å². The zero-order valence-electron chi connectivity index (χ0n) is 11.2. The monoisotopic (exact) mass is 267 g/mol. The highest BCUT2D eigenvalue weighted by atomic mass is 16.4. The molecule has 3 aromatic rings. The Morgan fingerprint density at radius 3 is 2.70 bits per heavy atom. The third kappa shape index (κ3) is 1.93. The Kier molecular flexibility index (Phi) is 2.75. The second-order valence-electron chi connectivity index (χ2n) is 4.79. The Morgan fingerprint density at radius 1 is 1.15 bits per heavy atom. The number of aromatic carboxylic acids is 1. The zero-order valence-corrected chi connectivity index (χ0v) is 11.2. The summed E-state index contributed by atoms with van der Waals surface area (Å²) >= 11 is 0. The van der Waals surface area contributed by atoms with Crippen LogP contribution < -0.4 is 0 Å². The van der Waals surface area contributed by atoms with E-state index in [0.717, 1.165) is 16.7 Å². The molecule has 0 atom stereocenters. The van der Waals surface area contributed by atoms with Crippen molar-refractivity contribution >= 4 is 11.6 Å². The number of rotatable bonds is 2. The quantitative estimate of drug-likeness (QED) is 0.775. The maximum Gasteiger partial charge on any atom is 0.337 e. The van der Waals surface area contributed by atoms with Crippen LogP contribution in [-0.4, -0.2) is 25.7 Å². The van der Waals surface area contributed by atoms with E-state index in [1.165, 1.54) is 6.07 Å². The standard InChI is InChI=1S/C15H13N3O2/c1-9-3-4-10(2)12(7-9)14-17-16-13-6-5-11(15(19)20)8-18(13)14/h3-8H,1-2H3,(H,19,20). The smallest absolute Gasteiger partial charge is 0.337 e. The lowest BCUT2D eigenvalue weighted by atomic mass is 10.1. The van der Waals surface area contributed by atoms with E-state index in [4.69, 9.17) is 5.11 Å². The Balaban J connectivity index is 2.28. The van der Waals surface area contributed by atoms with E-state index in [1.54, 1.807) is 16.7 Å². The average molecular weight is 267 g/mol. The van der Waals surface area contributed by atoms with Gasteiger partial charge in [-0.05, 0) is 37.6 Å². The summed E-state index contributed by atoms with van der Waals surface area (Å²) in [4.78, 5) is 11.1. The Bertz CT molecular complexity index is 821. The van der Waals surface area contributed by atoms with Gasteiger partial charge in [0.2, 0.25) is 0 Å². The van der Waals surface area contributed by atoms with Crippen LogP contribution in [0.15, 0.2) is 36.5 Å². The van der Waals surface area contributed by atoms with Crippen LogP contribution in [0.5, 0.6) is 0 Å². The van der Waals surface area contributed by atoms with E-state index >= 15 is 0 Å². The van der Waals surface area contributed by atoms with Crippen molar-refractivity contribution in [3.05, 3.63) is 53.2 Å². The summed E-state index contributed by atoms with van der Waals surface area (Å²) < 4.78 is 1.71. The van der Waals surface area contributed by atoms with Gasteiger partial charge in [0.1, 0.15) is 0 Å². The number of aryl methyl sites for hydroxylation is 2. The molecule has 100 valence electrons. The van der Waals surface area contributed by atoms with Gasteiger partial charge >= 0.3 is 5.97 Å². The largest absolute Gasteiger partial charge is 0.478 e. The molecule has 0 radical (unpaired) electrons. The topological polar surface area (TPSA) is 67.5 Å². The summed E-state index contributed by atoms with van der Waals surface area (Å²) in [5, 5.41) is 17.4. The van der Waals surface area contributed by atoms with E-state index < -0.39 is 5.97 Å². The zero-order chi connectivity index (χ0) is 14.3. The van der Waals surface area contributed by atoms with Crippen LogP contribution in [0, 0.1) is 13.8 Å². The third-order valence-electron chi connectivity index (χ3n) is 3.28. The molecule has 2 aromatic heterocycles. The molecule has 2 heterocycles. The van der Waals surface area contributed by atoms with E-state index in [2.05, 4.69) is 10.2 Å². The van der Waals surface area contributed by atoms with Gasteiger partial charge in [-0.3, -0.25) is 4.40 Å². The predicted octanol–water partition coefficient (Wildman–Crippen LogP) is 2.71. The Labute approximate surface area is 115 Å². The third-order valence-corrected chi connectivity index (χ3v) is 3.28. The number of nitrogens with zero attached hydrogens (tertiary/aromatic N) is 3. The fraction of sp³-hybridized carbons (Fsp3) is 0.133. The number of pyridine rings is 1. The number of benzene rings is 1. The molecule has 3 rings (SSSR count). The normalized spacial score (nSPS) is 10.9. The van der Waals surface area contributed by atoms with Crippen molar-refractivity contribution in [2.24, 2.45) is 0 Å². The fourth-order valence-electron chi connectivity index (χ4n) is 2.18. The van der Waals surface area contributed by atoms with Gasteiger partial charge in [-0.15, -0.1) is 10.2 Å². The minimum atomic E-state index is -0.965. The predicted molar refractivity (Wildman–Crippen MR) is 74.9 cm³/mol. The van der Waals surface area contributed by atoms with Gasteiger partial charge in [0.25, 0.3) is 0 Å². The van der Waals surface area contributed by atoms with Gasteiger partial charge in [-0.25, -0.2) is 4.79 Å². The van der Waals surface area contributed by atoms with E-state index in [-0.39, 0.29) is 5.56 Å². The number of aromatic nitrogens is 3. The number of hydrogen-bond donors (Lipinski definition) is 1. The summed E-state index contributed by atoms with van der Waals surface area (Å²) in [7, 11) is 0. The summed E-state index contributed by atoms with van der Waals surface area (Å²) in [6, 6.07) is 9.26. The lowest BCUT2D eigenvalue weighted by Crippen LogP contribution is -2.00. The van der Waals surface area contributed by atoms with Gasteiger partial charge in [0, 0.05) is 11.8 Å². The molecule has 0 saturated carbocycles. The summed E-state index contributed by atoms with van der Waals surface area (Å²) in [5.41, 5.74) is 4.00. The molecular formula is C15H13N3O2. The second kappa shape index (κ2) is 4.45. The minimum Gasteiger partial charge on any atom is -0.478 e. The van der Waals surface area contributed by atoms with E-state index in [1.807, 2.05) is 32.0 Å². The SMILES string of the molecule is Cc1ccc(C)c(-c2nnc3ccc(C(=O)O)cn23)c1. The van der Waals surface area contributed by atoms with Crippen molar-refractivity contribution < 1.29 is 9.90 Å². The summed E-state index contributed by atoms with van der Waals surface area (Å²) in [6.45, 7) is 4.01. The molecule has 0 saturated heterocycles. The molecule has 20 heavy (non-hydrogen) atoms. The van der Waals surface area contributed by atoms with E-state index in [0.29, 0.717) is 11.5 Å². The molecule has 5 nitrogen and oxygen atoms in total. The molecule has 5 heteroatoms. The van der Waals surface area contributed by atoms with Gasteiger partial charge in [-0.1, -0.05) is 17.7 Å².